The third-order valence-corrected chi connectivity index (χ3v) is 7.83. The lowest BCUT2D eigenvalue weighted by atomic mass is 9.80. The maximum Gasteiger partial charge on any atom is 0.0891 e. The highest BCUT2D eigenvalue weighted by Gasteiger charge is 2.36. The Balaban J connectivity index is 1.33. The van der Waals surface area contributed by atoms with Gasteiger partial charge in [-0.15, -0.1) is 0 Å². The smallest absolute Gasteiger partial charge is 0.0891 e. The molecule has 0 atom stereocenters. The van der Waals surface area contributed by atoms with Crippen molar-refractivity contribution < 1.29 is 0 Å². The van der Waals surface area contributed by atoms with Crippen molar-refractivity contribution in [3.63, 3.8) is 0 Å². The van der Waals surface area contributed by atoms with Gasteiger partial charge in [0.15, 0.2) is 0 Å². The molecule has 0 saturated heterocycles. The average molecular weight is 503 g/mol. The summed E-state index contributed by atoms with van der Waals surface area (Å²) in [6.07, 6.45) is 10.6. The maximum absolute atomic E-state index is 4.57. The van der Waals surface area contributed by atoms with Crippen LogP contribution in [0.25, 0.3) is 55.9 Å². The molecule has 0 unspecified atom stereocenters. The molecule has 39 heavy (non-hydrogen) atoms. The molecule has 0 N–H and O–H groups in total. The van der Waals surface area contributed by atoms with Crippen molar-refractivity contribution in [2.75, 3.05) is 0 Å². The number of benzene rings is 4. The van der Waals surface area contributed by atoms with Crippen LogP contribution in [-0.4, -0.2) is 19.9 Å². The Labute approximate surface area is 228 Å². The van der Waals surface area contributed by atoms with Gasteiger partial charge >= 0.3 is 0 Å². The Bertz CT molecular complexity index is 1690. The Morgan fingerprint density at radius 1 is 0.462 bits per heavy atom. The second kappa shape index (κ2) is 9.10. The molecule has 1 aliphatic carbocycles. The Morgan fingerprint density at radius 3 is 1.31 bits per heavy atom. The van der Waals surface area contributed by atoms with Gasteiger partial charge in [-0.05, 0) is 56.6 Å². The van der Waals surface area contributed by atoms with Crippen molar-refractivity contribution in [1.82, 2.24) is 19.9 Å². The zero-order valence-corrected chi connectivity index (χ0v) is 21.8. The van der Waals surface area contributed by atoms with Crippen molar-refractivity contribution in [3.8, 4) is 55.9 Å². The minimum atomic E-state index is -0.153. The van der Waals surface area contributed by atoms with E-state index in [0.717, 1.165) is 33.6 Å². The molecular formula is C35H26N4. The molecule has 0 bridgehead atoms. The van der Waals surface area contributed by atoms with Gasteiger partial charge < -0.3 is 0 Å². The van der Waals surface area contributed by atoms with E-state index in [4.69, 9.17) is 0 Å². The summed E-state index contributed by atoms with van der Waals surface area (Å²) in [5, 5.41) is 0. The first-order valence-corrected chi connectivity index (χ1v) is 13.1. The number of nitrogens with zero attached hydrogens (tertiary/aromatic N) is 4. The van der Waals surface area contributed by atoms with Crippen LogP contribution in [0.1, 0.15) is 25.0 Å². The lowest BCUT2D eigenvalue weighted by Crippen LogP contribution is -2.15. The van der Waals surface area contributed by atoms with Crippen LogP contribution in [0.15, 0.2) is 122 Å². The van der Waals surface area contributed by atoms with Gasteiger partial charge in [0.1, 0.15) is 0 Å². The van der Waals surface area contributed by atoms with Crippen LogP contribution in [0.2, 0.25) is 0 Å². The lowest BCUT2D eigenvalue weighted by molar-refractivity contribution is 0.661. The van der Waals surface area contributed by atoms with Gasteiger partial charge in [0.05, 0.1) is 23.8 Å². The van der Waals surface area contributed by atoms with E-state index in [0.29, 0.717) is 0 Å². The van der Waals surface area contributed by atoms with Crippen LogP contribution in [0, 0.1) is 0 Å². The highest BCUT2D eigenvalue weighted by molar-refractivity contribution is 5.90. The Kier molecular flexibility index (Phi) is 5.41. The minimum Gasteiger partial charge on any atom is -0.261 e. The quantitative estimate of drug-likeness (QED) is 0.244. The zero-order chi connectivity index (χ0) is 26.4. The molecule has 0 spiro atoms. The molecule has 1 aliphatic rings. The summed E-state index contributed by atoms with van der Waals surface area (Å²) in [5.74, 6) is 0. The van der Waals surface area contributed by atoms with Gasteiger partial charge in [-0.2, -0.15) is 0 Å². The van der Waals surface area contributed by atoms with Crippen molar-refractivity contribution in [2.45, 2.75) is 19.3 Å². The average Bonchev–Trinajstić information content (AvgIpc) is 3.23. The Morgan fingerprint density at radius 2 is 0.897 bits per heavy atom. The fraction of sp³-hybridized carbons (Fsp3) is 0.0857. The van der Waals surface area contributed by atoms with E-state index < -0.39 is 0 Å². The van der Waals surface area contributed by atoms with E-state index in [9.17, 15) is 0 Å². The number of aromatic nitrogens is 4. The minimum absolute atomic E-state index is 0.153. The van der Waals surface area contributed by atoms with Gasteiger partial charge in [0.2, 0.25) is 0 Å². The van der Waals surface area contributed by atoms with Crippen molar-refractivity contribution in [2.24, 2.45) is 0 Å². The molecular weight excluding hydrogens is 476 g/mol. The number of rotatable bonds is 4. The molecule has 4 aromatic carbocycles. The first-order valence-electron chi connectivity index (χ1n) is 13.1. The molecule has 0 amide bonds. The van der Waals surface area contributed by atoms with E-state index >= 15 is 0 Å². The van der Waals surface area contributed by atoms with Crippen molar-refractivity contribution in [1.29, 1.82) is 0 Å². The van der Waals surface area contributed by atoms with Gasteiger partial charge in [-0.3, -0.25) is 19.9 Å². The van der Waals surface area contributed by atoms with E-state index in [1.807, 2.05) is 12.4 Å². The molecule has 6 aromatic rings. The number of hydrogen-bond donors (Lipinski definition) is 0. The van der Waals surface area contributed by atoms with Crippen molar-refractivity contribution >= 4 is 0 Å². The normalized spacial score (nSPS) is 13.1. The fourth-order valence-corrected chi connectivity index (χ4v) is 5.87. The molecule has 0 fully saturated rings. The summed E-state index contributed by atoms with van der Waals surface area (Å²) in [6, 6.07) is 30.6. The molecule has 4 heteroatoms. The number of hydrogen-bond acceptors (Lipinski definition) is 4. The van der Waals surface area contributed by atoms with Crippen molar-refractivity contribution in [3.05, 3.63) is 133 Å². The summed E-state index contributed by atoms with van der Waals surface area (Å²) in [6.45, 7) is 4.66. The molecule has 2 aromatic heterocycles. The molecule has 0 radical (unpaired) electrons. The van der Waals surface area contributed by atoms with E-state index in [2.05, 4.69) is 119 Å². The van der Waals surface area contributed by atoms with Crippen LogP contribution in [0.4, 0.5) is 0 Å². The largest absolute Gasteiger partial charge is 0.261 e. The van der Waals surface area contributed by atoms with E-state index in [1.165, 1.54) is 33.4 Å². The molecule has 186 valence electrons. The third-order valence-electron chi connectivity index (χ3n) is 7.83. The van der Waals surface area contributed by atoms with Crippen LogP contribution in [0.5, 0.6) is 0 Å². The highest BCUT2D eigenvalue weighted by Crippen LogP contribution is 2.51. The first-order chi connectivity index (χ1) is 19.1. The van der Waals surface area contributed by atoms with Gasteiger partial charge in [-0.25, -0.2) is 0 Å². The zero-order valence-electron chi connectivity index (χ0n) is 21.8. The maximum atomic E-state index is 4.57. The van der Waals surface area contributed by atoms with E-state index in [1.54, 1.807) is 24.8 Å². The van der Waals surface area contributed by atoms with Gasteiger partial charge in [0.25, 0.3) is 0 Å². The molecule has 7 rings (SSSR count). The fourth-order valence-electron chi connectivity index (χ4n) is 5.87. The first kappa shape index (κ1) is 23.2. The SMILES string of the molecule is CC1(C)c2cc(-c3ccccc3-c3cnccn3)ccc2-c2ccc(-c3ccccc3-c3cnccn3)cc21. The predicted octanol–water partition coefficient (Wildman–Crippen LogP) is 8.24. The molecule has 4 nitrogen and oxygen atoms in total. The van der Waals surface area contributed by atoms with Gasteiger partial charge in [-0.1, -0.05) is 86.6 Å². The second-order valence-corrected chi connectivity index (χ2v) is 10.4. The number of fused-ring (bicyclic) bond motifs is 3. The predicted molar refractivity (Wildman–Crippen MR) is 157 cm³/mol. The highest BCUT2D eigenvalue weighted by atomic mass is 14.8. The van der Waals surface area contributed by atoms with Crippen LogP contribution >= 0.6 is 0 Å². The van der Waals surface area contributed by atoms with E-state index in [-0.39, 0.29) is 5.41 Å². The van der Waals surface area contributed by atoms with Crippen LogP contribution in [-0.2, 0) is 5.41 Å². The summed E-state index contributed by atoms with van der Waals surface area (Å²) in [7, 11) is 0. The van der Waals surface area contributed by atoms with Crippen LogP contribution < -0.4 is 0 Å². The molecule has 2 heterocycles. The Hall–Kier alpha value is -4.96. The summed E-state index contributed by atoms with van der Waals surface area (Å²) in [4.78, 5) is 17.7. The molecule has 0 aliphatic heterocycles. The summed E-state index contributed by atoms with van der Waals surface area (Å²) >= 11 is 0. The van der Waals surface area contributed by atoms with Crippen LogP contribution in [0.3, 0.4) is 0 Å². The second-order valence-electron chi connectivity index (χ2n) is 10.4. The lowest BCUT2D eigenvalue weighted by Gasteiger charge is -2.23. The topological polar surface area (TPSA) is 51.6 Å². The summed E-state index contributed by atoms with van der Waals surface area (Å²) < 4.78 is 0. The molecule has 0 saturated carbocycles. The standard InChI is InChI=1S/C35H26N4/c1-35(2)31-19-23(25-7-3-5-9-29(25)33-21-36-15-17-38-33)11-13-27(31)28-14-12-24(20-32(28)35)26-8-4-6-10-30(26)34-22-37-16-18-39-34/h3-22H,1-2H3. The van der Waals surface area contributed by atoms with Gasteiger partial charge in [0, 0.05) is 41.3 Å². The third kappa shape index (κ3) is 3.84. The summed E-state index contributed by atoms with van der Waals surface area (Å²) in [5.41, 5.74) is 13.7. The monoisotopic (exact) mass is 502 g/mol.